The van der Waals surface area contributed by atoms with Crippen molar-refractivity contribution >= 4 is 35.3 Å². The first-order chi connectivity index (χ1) is 33.4. The Bertz CT molecular complexity index is 2790. The van der Waals surface area contributed by atoms with Crippen LogP contribution in [0.1, 0.15) is 72.2 Å². The first-order valence-corrected chi connectivity index (χ1v) is 22.9. The number of carbonyl (C=O) groups excluding carboxylic acids is 4. The van der Waals surface area contributed by atoms with Crippen molar-refractivity contribution in [3.63, 3.8) is 0 Å². The molecular weight excluding hydrogens is 917 g/mol. The van der Waals surface area contributed by atoms with E-state index in [1.54, 1.807) is 67.3 Å². The van der Waals surface area contributed by atoms with Crippen molar-refractivity contribution in [1.29, 1.82) is 10.5 Å². The lowest BCUT2D eigenvalue weighted by Crippen LogP contribution is -2.61. The SMILES string of the molecule is CCN1CC2=C(C1=O)[C@@H](c1ccc(C#N)cc1)N(CCCN(C)CCCN1C(=O)N(c3cccc(C(F)(F)F)c3)C3CN(CC)C(=O)C3[C@H]1c1ccc(C#N)cc1)C(=O)N2c1cccc(C(F)(F)F)c1. The van der Waals surface area contributed by atoms with Gasteiger partial charge >= 0.3 is 24.4 Å². The summed E-state index contributed by atoms with van der Waals surface area (Å²) in [6.45, 7) is 5.12. The van der Waals surface area contributed by atoms with Crippen LogP contribution in [0.25, 0.3) is 0 Å². The Balaban J connectivity index is 1.05. The summed E-state index contributed by atoms with van der Waals surface area (Å²) in [6.07, 6.45) is -8.73. The number of nitriles is 2. The van der Waals surface area contributed by atoms with Gasteiger partial charge in [0.25, 0.3) is 5.91 Å². The largest absolute Gasteiger partial charge is 0.416 e. The van der Waals surface area contributed by atoms with Gasteiger partial charge < -0.3 is 24.5 Å². The molecule has 4 heterocycles. The van der Waals surface area contributed by atoms with Crippen LogP contribution < -0.4 is 9.80 Å². The van der Waals surface area contributed by atoms with Gasteiger partial charge in [-0.1, -0.05) is 36.4 Å². The van der Waals surface area contributed by atoms with E-state index >= 15 is 0 Å². The lowest BCUT2D eigenvalue weighted by atomic mass is 9.84. The molecule has 2 unspecified atom stereocenters. The number of urea groups is 2. The van der Waals surface area contributed by atoms with Gasteiger partial charge in [0.05, 0.1) is 81.9 Å². The molecule has 70 heavy (non-hydrogen) atoms. The van der Waals surface area contributed by atoms with Crippen LogP contribution in [0.3, 0.4) is 0 Å². The van der Waals surface area contributed by atoms with Gasteiger partial charge in [-0.25, -0.2) is 9.59 Å². The van der Waals surface area contributed by atoms with Crippen molar-refractivity contribution in [3.8, 4) is 12.1 Å². The van der Waals surface area contributed by atoms with Crippen LogP contribution in [0, 0.1) is 28.6 Å². The zero-order valence-electron chi connectivity index (χ0n) is 38.5. The number of nitrogens with zero attached hydrogens (tertiary/aromatic N) is 9. The molecule has 0 N–H and O–H groups in total. The molecule has 6 amide bonds. The lowest BCUT2D eigenvalue weighted by Gasteiger charge is -2.48. The van der Waals surface area contributed by atoms with E-state index in [4.69, 9.17) is 0 Å². The second-order valence-electron chi connectivity index (χ2n) is 17.7. The van der Waals surface area contributed by atoms with Gasteiger partial charge in [-0.05, 0) is 119 Å². The van der Waals surface area contributed by atoms with Crippen molar-refractivity contribution in [2.75, 3.05) is 69.2 Å². The summed E-state index contributed by atoms with van der Waals surface area (Å²) in [5.74, 6) is -1.48. The van der Waals surface area contributed by atoms with Gasteiger partial charge in [0.2, 0.25) is 5.91 Å². The zero-order valence-corrected chi connectivity index (χ0v) is 38.5. The molecule has 4 atom stereocenters. The Morgan fingerprint density at radius 1 is 0.671 bits per heavy atom. The number of halogens is 6. The maximum absolute atomic E-state index is 14.8. The number of anilines is 2. The molecule has 0 aliphatic carbocycles. The first-order valence-electron chi connectivity index (χ1n) is 22.9. The number of alkyl halides is 6. The molecule has 8 rings (SSSR count). The molecule has 4 aromatic carbocycles. The second kappa shape index (κ2) is 19.6. The van der Waals surface area contributed by atoms with Crippen molar-refractivity contribution in [1.82, 2.24) is 24.5 Å². The Kier molecular flexibility index (Phi) is 13.7. The Morgan fingerprint density at radius 3 is 1.74 bits per heavy atom. The minimum atomic E-state index is -4.71. The average molecular weight is 966 g/mol. The number of amides is 6. The minimum absolute atomic E-state index is 0.00348. The lowest BCUT2D eigenvalue weighted by molar-refractivity contribution is -0.138. The fourth-order valence-corrected chi connectivity index (χ4v) is 10.2. The fourth-order valence-electron chi connectivity index (χ4n) is 10.2. The third-order valence-corrected chi connectivity index (χ3v) is 13.6. The Morgan fingerprint density at radius 2 is 1.20 bits per heavy atom. The first kappa shape index (κ1) is 49.1. The summed E-state index contributed by atoms with van der Waals surface area (Å²) in [4.78, 5) is 68.6. The van der Waals surface area contributed by atoms with Gasteiger partial charge in [-0.15, -0.1) is 0 Å². The molecule has 4 aliphatic rings. The summed E-state index contributed by atoms with van der Waals surface area (Å²) in [5.41, 5.74) is 0.395. The maximum Gasteiger partial charge on any atom is 0.416 e. The molecule has 0 radical (unpaired) electrons. The van der Waals surface area contributed by atoms with E-state index in [0.29, 0.717) is 54.7 Å². The molecule has 0 spiro atoms. The molecule has 0 aromatic heterocycles. The smallest absolute Gasteiger partial charge is 0.340 e. The summed E-state index contributed by atoms with van der Waals surface area (Å²) in [6, 6.07) is 22.3. The predicted octanol–water partition coefficient (Wildman–Crippen LogP) is 8.81. The van der Waals surface area contributed by atoms with Crippen molar-refractivity contribution in [2.45, 2.75) is 57.2 Å². The third-order valence-electron chi connectivity index (χ3n) is 13.6. The maximum atomic E-state index is 14.8. The molecule has 4 aromatic rings. The van der Waals surface area contributed by atoms with Crippen LogP contribution in [-0.4, -0.2) is 114 Å². The van der Waals surface area contributed by atoms with Crippen LogP contribution in [-0.2, 0) is 21.9 Å². The molecule has 364 valence electrons. The summed E-state index contributed by atoms with van der Waals surface area (Å²) < 4.78 is 84.1. The number of hydrogen-bond acceptors (Lipinski definition) is 7. The molecule has 0 saturated carbocycles. The number of likely N-dealkylation sites (N-methyl/N-ethyl adjacent to an activating group) is 2. The highest BCUT2D eigenvalue weighted by molar-refractivity contribution is 6.07. The normalized spacial score (nSPS) is 20.7. The number of hydrogen-bond donors (Lipinski definition) is 0. The molecule has 0 bridgehead atoms. The number of carbonyl (C=O) groups is 4. The Hall–Kier alpha value is -7.38. The molecule has 2 fully saturated rings. The number of likely N-dealkylation sites (tertiary alicyclic amines) is 1. The van der Waals surface area contributed by atoms with Crippen molar-refractivity contribution < 1.29 is 45.5 Å². The van der Waals surface area contributed by atoms with Gasteiger partial charge in [0.15, 0.2) is 0 Å². The quantitative estimate of drug-likeness (QED) is 0.115. The molecule has 2 saturated heterocycles. The van der Waals surface area contributed by atoms with Crippen molar-refractivity contribution in [3.05, 3.63) is 142 Å². The summed E-state index contributed by atoms with van der Waals surface area (Å²) in [5, 5.41) is 19.1. The topological polar surface area (TPSA) is 139 Å². The second-order valence-corrected chi connectivity index (χ2v) is 17.7. The van der Waals surface area contributed by atoms with Crippen LogP contribution in [0.15, 0.2) is 108 Å². The summed E-state index contributed by atoms with van der Waals surface area (Å²) >= 11 is 0. The monoisotopic (exact) mass is 965 g/mol. The standard InChI is InChI=1S/C51H49F6N9O4/c1-4-61-30-40-42(46(61)67)44(34-18-14-32(28-58)15-19-34)63(48(69)65(40)38-12-6-10-36(26-38)50(52,53)54)24-8-22-60(3)23-9-25-64-45(35-20-16-33(29-59)17-21-35)43-41(31-62(5-2)47(43)68)66(49(64)70)39-13-7-11-37(27-39)51(55,56)57/h6-7,10-21,26-27,40,42,44-45H,4-5,8-9,22-25,30-31H2,1-3H3/t40?,42?,44-,45-/m1/s1. The Labute approximate surface area is 400 Å². The average Bonchev–Trinajstić information content (AvgIpc) is 3.85. The van der Waals surface area contributed by atoms with E-state index in [-0.39, 0.29) is 67.2 Å². The van der Waals surface area contributed by atoms with Gasteiger partial charge in [0.1, 0.15) is 0 Å². The number of rotatable bonds is 14. The van der Waals surface area contributed by atoms with Gasteiger partial charge in [0, 0.05) is 38.4 Å². The zero-order chi connectivity index (χ0) is 50.2. The van der Waals surface area contributed by atoms with Crippen LogP contribution in [0.4, 0.5) is 47.3 Å². The minimum Gasteiger partial charge on any atom is -0.340 e. The summed E-state index contributed by atoms with van der Waals surface area (Å²) in [7, 11) is 1.83. The molecule has 4 aliphatic heterocycles. The predicted molar refractivity (Wildman–Crippen MR) is 245 cm³/mol. The number of fused-ring (bicyclic) bond motifs is 1. The number of benzene rings is 4. The van der Waals surface area contributed by atoms with Gasteiger partial charge in [-0.3, -0.25) is 19.4 Å². The van der Waals surface area contributed by atoms with Crippen LogP contribution in [0.2, 0.25) is 0 Å². The highest BCUT2D eigenvalue weighted by Crippen LogP contribution is 2.47. The van der Waals surface area contributed by atoms with E-state index in [0.717, 1.165) is 24.3 Å². The fraction of sp³-hybridized carbons (Fsp3) is 0.373. The van der Waals surface area contributed by atoms with E-state index in [9.17, 15) is 56.0 Å². The van der Waals surface area contributed by atoms with Crippen molar-refractivity contribution in [2.24, 2.45) is 5.92 Å². The van der Waals surface area contributed by atoms with Crippen LogP contribution >= 0.6 is 0 Å². The third kappa shape index (κ3) is 9.25. The van der Waals surface area contributed by atoms with E-state index in [1.165, 1.54) is 48.8 Å². The highest BCUT2D eigenvalue weighted by Gasteiger charge is 2.56. The van der Waals surface area contributed by atoms with E-state index < -0.39 is 59.6 Å². The van der Waals surface area contributed by atoms with E-state index in [2.05, 4.69) is 12.1 Å². The highest BCUT2D eigenvalue weighted by atomic mass is 19.4. The van der Waals surface area contributed by atoms with Gasteiger partial charge in [-0.2, -0.15) is 36.9 Å². The van der Waals surface area contributed by atoms with E-state index in [1.807, 2.05) is 11.9 Å². The molecular formula is C51H49F6N9O4. The molecule has 13 nitrogen and oxygen atoms in total. The van der Waals surface area contributed by atoms with Crippen LogP contribution in [0.5, 0.6) is 0 Å². The molecule has 19 heteroatoms.